The number of alkyl halides is 1. The maximum absolute atomic E-state index is 13.9. The zero-order valence-electron chi connectivity index (χ0n) is 11.2. The van der Waals surface area contributed by atoms with Gasteiger partial charge in [-0.25, -0.2) is 4.39 Å². The van der Waals surface area contributed by atoms with Crippen LogP contribution in [0.3, 0.4) is 0 Å². The van der Waals surface area contributed by atoms with Crippen molar-refractivity contribution >= 4 is 15.9 Å². The average Bonchev–Trinajstić information content (AvgIpc) is 2.43. The SMILES string of the molecule is COc1ccc(CN2CCN(CCBr)CC2)c(F)c1. The fraction of sp³-hybridized carbons (Fsp3) is 0.571. The molecule has 1 aliphatic rings. The van der Waals surface area contributed by atoms with Gasteiger partial charge in [-0.05, 0) is 6.07 Å². The molecule has 1 aromatic rings. The van der Waals surface area contributed by atoms with Crippen molar-refractivity contribution < 1.29 is 9.13 Å². The van der Waals surface area contributed by atoms with E-state index in [2.05, 4.69) is 25.7 Å². The number of hydrogen-bond acceptors (Lipinski definition) is 3. The van der Waals surface area contributed by atoms with Crippen LogP contribution in [0.4, 0.5) is 4.39 Å². The molecule has 0 unspecified atom stereocenters. The third kappa shape index (κ3) is 4.16. The third-order valence-corrected chi connectivity index (χ3v) is 3.87. The lowest BCUT2D eigenvalue weighted by molar-refractivity contribution is 0.132. The molecule has 106 valence electrons. The number of piperazine rings is 1. The zero-order valence-corrected chi connectivity index (χ0v) is 12.8. The van der Waals surface area contributed by atoms with Gasteiger partial charge in [0.05, 0.1) is 7.11 Å². The van der Waals surface area contributed by atoms with Crippen LogP contribution in [0, 0.1) is 5.82 Å². The van der Waals surface area contributed by atoms with Gasteiger partial charge in [-0.3, -0.25) is 9.80 Å². The number of halogens is 2. The highest BCUT2D eigenvalue weighted by Crippen LogP contribution is 2.18. The maximum atomic E-state index is 13.9. The van der Waals surface area contributed by atoms with E-state index >= 15 is 0 Å². The lowest BCUT2D eigenvalue weighted by atomic mass is 10.1. The molecule has 0 spiro atoms. The van der Waals surface area contributed by atoms with Crippen LogP contribution in [0.1, 0.15) is 5.56 Å². The van der Waals surface area contributed by atoms with E-state index in [1.807, 2.05) is 12.1 Å². The van der Waals surface area contributed by atoms with Gasteiger partial charge < -0.3 is 4.74 Å². The summed E-state index contributed by atoms with van der Waals surface area (Å²) in [6.45, 7) is 5.88. The second kappa shape index (κ2) is 7.22. The van der Waals surface area contributed by atoms with Gasteiger partial charge in [-0.2, -0.15) is 0 Å². The van der Waals surface area contributed by atoms with E-state index in [1.165, 1.54) is 6.07 Å². The molecule has 0 atom stereocenters. The van der Waals surface area contributed by atoms with Gasteiger partial charge in [-0.1, -0.05) is 22.0 Å². The minimum absolute atomic E-state index is 0.178. The summed E-state index contributed by atoms with van der Waals surface area (Å²) in [7, 11) is 1.55. The van der Waals surface area contributed by atoms with E-state index in [0.29, 0.717) is 12.3 Å². The lowest BCUT2D eigenvalue weighted by Crippen LogP contribution is -2.46. The minimum atomic E-state index is -0.178. The van der Waals surface area contributed by atoms with Gasteiger partial charge in [0.25, 0.3) is 0 Å². The van der Waals surface area contributed by atoms with Gasteiger partial charge in [0.1, 0.15) is 11.6 Å². The van der Waals surface area contributed by atoms with Crippen molar-refractivity contribution in [3.8, 4) is 5.75 Å². The number of ether oxygens (including phenoxy) is 1. The fourth-order valence-corrected chi connectivity index (χ4v) is 2.82. The fourth-order valence-electron chi connectivity index (χ4n) is 2.31. The first-order valence-corrected chi connectivity index (χ1v) is 7.68. The zero-order chi connectivity index (χ0) is 13.7. The molecule has 0 amide bonds. The Bertz CT molecular complexity index is 408. The van der Waals surface area contributed by atoms with Crippen LogP contribution < -0.4 is 4.74 Å². The Morgan fingerprint density at radius 1 is 1.21 bits per heavy atom. The molecule has 19 heavy (non-hydrogen) atoms. The monoisotopic (exact) mass is 330 g/mol. The van der Waals surface area contributed by atoms with Crippen molar-refractivity contribution in [1.82, 2.24) is 9.80 Å². The van der Waals surface area contributed by atoms with Crippen LogP contribution in [0.5, 0.6) is 5.75 Å². The summed E-state index contributed by atoms with van der Waals surface area (Å²) < 4.78 is 18.9. The van der Waals surface area contributed by atoms with E-state index in [-0.39, 0.29) is 5.82 Å². The van der Waals surface area contributed by atoms with Crippen molar-refractivity contribution in [2.75, 3.05) is 45.2 Å². The van der Waals surface area contributed by atoms with Crippen LogP contribution in [0.15, 0.2) is 18.2 Å². The Hall–Kier alpha value is -0.650. The number of nitrogens with zero attached hydrogens (tertiary/aromatic N) is 2. The number of hydrogen-bond donors (Lipinski definition) is 0. The first-order valence-electron chi connectivity index (χ1n) is 6.56. The van der Waals surface area contributed by atoms with Crippen molar-refractivity contribution in [3.63, 3.8) is 0 Å². The van der Waals surface area contributed by atoms with Crippen LogP contribution in [0.25, 0.3) is 0 Å². The van der Waals surface area contributed by atoms with E-state index in [0.717, 1.165) is 43.6 Å². The van der Waals surface area contributed by atoms with E-state index < -0.39 is 0 Å². The van der Waals surface area contributed by atoms with Crippen LogP contribution in [-0.4, -0.2) is 55.0 Å². The summed E-state index contributed by atoms with van der Waals surface area (Å²) in [5.74, 6) is 0.394. The summed E-state index contributed by atoms with van der Waals surface area (Å²) in [6, 6.07) is 5.09. The Labute approximate surface area is 122 Å². The van der Waals surface area contributed by atoms with Crippen LogP contribution in [-0.2, 0) is 6.54 Å². The second-order valence-corrected chi connectivity index (χ2v) is 5.56. The van der Waals surface area contributed by atoms with Gasteiger partial charge in [-0.15, -0.1) is 0 Å². The summed E-state index contributed by atoms with van der Waals surface area (Å²) in [5.41, 5.74) is 0.745. The number of rotatable bonds is 5. The molecule has 1 fully saturated rings. The average molecular weight is 331 g/mol. The van der Waals surface area contributed by atoms with Crippen LogP contribution in [0.2, 0.25) is 0 Å². The molecule has 3 nitrogen and oxygen atoms in total. The predicted octanol–water partition coefficient (Wildman–Crippen LogP) is 2.35. The second-order valence-electron chi connectivity index (χ2n) is 4.76. The Morgan fingerprint density at radius 2 is 1.89 bits per heavy atom. The first-order chi connectivity index (χ1) is 9.22. The predicted molar refractivity (Wildman–Crippen MR) is 78.5 cm³/mol. The minimum Gasteiger partial charge on any atom is -0.497 e. The summed E-state index contributed by atoms with van der Waals surface area (Å²) >= 11 is 3.46. The molecule has 0 radical (unpaired) electrons. The highest BCUT2D eigenvalue weighted by atomic mass is 79.9. The van der Waals surface area contributed by atoms with E-state index in [4.69, 9.17) is 4.74 Å². The quantitative estimate of drug-likeness (QED) is 0.771. The Kier molecular flexibility index (Phi) is 5.60. The number of benzene rings is 1. The molecule has 2 rings (SSSR count). The first kappa shape index (κ1) is 14.8. The normalized spacial score (nSPS) is 17.6. The van der Waals surface area contributed by atoms with Gasteiger partial charge in [0.2, 0.25) is 0 Å². The molecular formula is C14H20BrFN2O. The van der Waals surface area contributed by atoms with Crippen molar-refractivity contribution in [3.05, 3.63) is 29.6 Å². The Balaban J connectivity index is 1.88. The molecular weight excluding hydrogens is 311 g/mol. The highest BCUT2D eigenvalue weighted by Gasteiger charge is 2.17. The molecule has 5 heteroatoms. The molecule has 1 saturated heterocycles. The maximum Gasteiger partial charge on any atom is 0.131 e. The summed E-state index contributed by atoms with van der Waals surface area (Å²) in [6.07, 6.45) is 0. The number of methoxy groups -OCH3 is 1. The van der Waals surface area contributed by atoms with Gasteiger partial charge in [0, 0.05) is 56.2 Å². The van der Waals surface area contributed by atoms with Crippen molar-refractivity contribution in [2.24, 2.45) is 0 Å². The molecule has 1 aliphatic heterocycles. The largest absolute Gasteiger partial charge is 0.497 e. The van der Waals surface area contributed by atoms with Gasteiger partial charge >= 0.3 is 0 Å². The lowest BCUT2D eigenvalue weighted by Gasteiger charge is -2.34. The molecule has 0 N–H and O–H groups in total. The third-order valence-electron chi connectivity index (χ3n) is 3.52. The van der Waals surface area contributed by atoms with Crippen LogP contribution >= 0.6 is 15.9 Å². The van der Waals surface area contributed by atoms with E-state index in [9.17, 15) is 4.39 Å². The molecule has 0 aromatic heterocycles. The van der Waals surface area contributed by atoms with Crippen molar-refractivity contribution in [2.45, 2.75) is 6.54 Å². The molecule has 1 aromatic carbocycles. The molecule has 0 saturated carbocycles. The summed E-state index contributed by atoms with van der Waals surface area (Å²) in [5, 5.41) is 1.01. The Morgan fingerprint density at radius 3 is 2.47 bits per heavy atom. The molecule has 1 heterocycles. The highest BCUT2D eigenvalue weighted by molar-refractivity contribution is 9.09. The molecule has 0 aliphatic carbocycles. The standard InChI is InChI=1S/C14H20BrFN2O/c1-19-13-3-2-12(14(16)10-13)11-18-8-6-17(5-4-15)7-9-18/h2-3,10H,4-9,11H2,1H3. The smallest absolute Gasteiger partial charge is 0.131 e. The van der Waals surface area contributed by atoms with Crippen molar-refractivity contribution in [1.29, 1.82) is 0 Å². The van der Waals surface area contributed by atoms with E-state index in [1.54, 1.807) is 7.11 Å². The van der Waals surface area contributed by atoms with Gasteiger partial charge in [0.15, 0.2) is 0 Å². The topological polar surface area (TPSA) is 15.7 Å². The molecule has 0 bridgehead atoms. The summed E-state index contributed by atoms with van der Waals surface area (Å²) in [4.78, 5) is 4.73.